The fourth-order valence-corrected chi connectivity index (χ4v) is 3.09. The summed E-state index contributed by atoms with van der Waals surface area (Å²) >= 11 is 7.87. The Hall–Kier alpha value is -0.410. The largest absolute Gasteiger partial charge is 0.371 e. The second-order valence-electron chi connectivity index (χ2n) is 3.47. The Kier molecular flexibility index (Phi) is 3.19. The highest BCUT2D eigenvalue weighted by atomic mass is 35.5. The molecule has 1 atom stereocenters. The lowest BCUT2D eigenvalue weighted by molar-refractivity contribution is 0.700. The van der Waals surface area contributed by atoms with Crippen LogP contribution in [0.4, 0.5) is 5.69 Å². The van der Waals surface area contributed by atoms with Crippen molar-refractivity contribution in [2.24, 2.45) is 0 Å². The number of hydrogen-bond acceptors (Lipinski definition) is 3. The van der Waals surface area contributed by atoms with Gasteiger partial charge in [0, 0.05) is 30.7 Å². The van der Waals surface area contributed by atoms with Gasteiger partial charge in [-0.25, -0.2) is 4.98 Å². The molecule has 2 nitrogen and oxygen atoms in total. The van der Waals surface area contributed by atoms with E-state index in [0.717, 1.165) is 5.69 Å². The summed E-state index contributed by atoms with van der Waals surface area (Å²) in [5.74, 6) is 2.49. The first kappa shape index (κ1) is 10.1. The average molecular weight is 229 g/mol. The van der Waals surface area contributed by atoms with Gasteiger partial charge >= 0.3 is 0 Å². The van der Waals surface area contributed by atoms with Gasteiger partial charge in [-0.3, -0.25) is 0 Å². The molecule has 2 heterocycles. The number of anilines is 1. The maximum Gasteiger partial charge on any atom is 0.131 e. The van der Waals surface area contributed by atoms with Crippen molar-refractivity contribution in [1.29, 1.82) is 0 Å². The van der Waals surface area contributed by atoms with Gasteiger partial charge in [0.05, 0.1) is 0 Å². The second-order valence-corrected chi connectivity index (χ2v) is 5.00. The van der Waals surface area contributed by atoms with Gasteiger partial charge in [-0.15, -0.1) is 0 Å². The maximum absolute atomic E-state index is 5.85. The van der Waals surface area contributed by atoms with Crippen molar-refractivity contribution < 1.29 is 0 Å². The monoisotopic (exact) mass is 228 g/mol. The Morgan fingerprint density at radius 1 is 1.64 bits per heavy atom. The van der Waals surface area contributed by atoms with Crippen molar-refractivity contribution >= 4 is 29.1 Å². The number of hydrogen-bond donors (Lipinski definition) is 0. The second kappa shape index (κ2) is 4.41. The molecule has 1 aliphatic rings. The molecule has 1 aliphatic heterocycles. The average Bonchev–Trinajstić information content (AvgIpc) is 2.69. The van der Waals surface area contributed by atoms with Gasteiger partial charge in [0.2, 0.25) is 0 Å². The van der Waals surface area contributed by atoms with Gasteiger partial charge in [-0.2, -0.15) is 11.8 Å². The van der Waals surface area contributed by atoms with Crippen LogP contribution < -0.4 is 4.90 Å². The molecule has 0 aliphatic carbocycles. The zero-order chi connectivity index (χ0) is 9.97. The first-order chi connectivity index (χ1) is 6.77. The number of pyridine rings is 1. The summed E-state index contributed by atoms with van der Waals surface area (Å²) in [7, 11) is 2.13. The van der Waals surface area contributed by atoms with Gasteiger partial charge in [-0.1, -0.05) is 11.6 Å². The number of nitrogens with zero attached hydrogens (tertiary/aromatic N) is 2. The lowest BCUT2D eigenvalue weighted by atomic mass is 10.2. The summed E-state index contributed by atoms with van der Waals surface area (Å²) in [4.78, 5) is 6.28. The number of rotatable bonds is 2. The van der Waals surface area contributed by atoms with Gasteiger partial charge in [-0.05, 0) is 24.3 Å². The topological polar surface area (TPSA) is 16.1 Å². The van der Waals surface area contributed by atoms with Gasteiger partial charge in [0.15, 0.2) is 0 Å². The Labute approximate surface area is 93.7 Å². The van der Waals surface area contributed by atoms with E-state index in [1.165, 1.54) is 17.9 Å². The van der Waals surface area contributed by atoms with E-state index in [0.29, 0.717) is 11.2 Å². The fraction of sp³-hybridized carbons (Fsp3) is 0.500. The minimum atomic E-state index is 0.569. The van der Waals surface area contributed by atoms with Crippen molar-refractivity contribution in [2.45, 2.75) is 12.5 Å². The van der Waals surface area contributed by atoms with Crippen LogP contribution >= 0.6 is 23.4 Å². The highest BCUT2D eigenvalue weighted by molar-refractivity contribution is 7.99. The molecule has 76 valence electrons. The fourth-order valence-electron chi connectivity index (χ4n) is 1.65. The normalized spacial score (nSPS) is 21.1. The molecule has 1 aromatic heterocycles. The molecular weight excluding hydrogens is 216 g/mol. The third kappa shape index (κ3) is 2.15. The molecule has 0 saturated carbocycles. The van der Waals surface area contributed by atoms with Crippen LogP contribution in [-0.2, 0) is 0 Å². The van der Waals surface area contributed by atoms with E-state index in [9.17, 15) is 0 Å². The van der Waals surface area contributed by atoms with E-state index < -0.39 is 0 Å². The SMILES string of the molecule is CN(c1ccnc(Cl)c1)C1CCSC1. The van der Waals surface area contributed by atoms with E-state index in [1.54, 1.807) is 6.20 Å². The van der Waals surface area contributed by atoms with Gasteiger partial charge in [0.1, 0.15) is 5.15 Å². The first-order valence-electron chi connectivity index (χ1n) is 4.69. The molecule has 1 unspecified atom stereocenters. The summed E-state index contributed by atoms with van der Waals surface area (Å²) in [6, 6.07) is 4.58. The summed E-state index contributed by atoms with van der Waals surface area (Å²) in [6.45, 7) is 0. The molecule has 1 saturated heterocycles. The molecule has 1 fully saturated rings. The third-order valence-corrected chi connectivity index (χ3v) is 3.92. The van der Waals surface area contributed by atoms with Crippen molar-refractivity contribution in [3.05, 3.63) is 23.5 Å². The zero-order valence-corrected chi connectivity index (χ0v) is 9.68. The molecule has 0 amide bonds. The number of aromatic nitrogens is 1. The molecule has 2 rings (SSSR count). The van der Waals surface area contributed by atoms with E-state index in [4.69, 9.17) is 11.6 Å². The van der Waals surface area contributed by atoms with Crippen LogP contribution in [0.25, 0.3) is 0 Å². The van der Waals surface area contributed by atoms with Crippen LogP contribution in [0.2, 0.25) is 5.15 Å². The molecule has 0 radical (unpaired) electrons. The van der Waals surface area contributed by atoms with Crippen LogP contribution in [0, 0.1) is 0 Å². The van der Waals surface area contributed by atoms with E-state index in [2.05, 4.69) is 16.9 Å². The molecule has 0 aromatic carbocycles. The minimum Gasteiger partial charge on any atom is -0.371 e. The number of thioether (sulfide) groups is 1. The molecule has 14 heavy (non-hydrogen) atoms. The van der Waals surface area contributed by atoms with Crippen molar-refractivity contribution in [1.82, 2.24) is 4.98 Å². The van der Waals surface area contributed by atoms with Crippen LogP contribution in [0.3, 0.4) is 0 Å². The van der Waals surface area contributed by atoms with Crippen molar-refractivity contribution in [3.63, 3.8) is 0 Å². The van der Waals surface area contributed by atoms with Crippen LogP contribution in [-0.4, -0.2) is 29.6 Å². The third-order valence-electron chi connectivity index (χ3n) is 2.57. The molecule has 0 bridgehead atoms. The predicted octanol–water partition coefficient (Wildman–Crippen LogP) is 2.68. The smallest absolute Gasteiger partial charge is 0.131 e. The predicted molar refractivity (Wildman–Crippen MR) is 63.4 cm³/mol. The highest BCUT2D eigenvalue weighted by Gasteiger charge is 2.20. The molecule has 1 aromatic rings. The van der Waals surface area contributed by atoms with Crippen LogP contribution in [0.15, 0.2) is 18.3 Å². The molecule has 0 spiro atoms. The quantitative estimate of drug-likeness (QED) is 0.725. The Bertz CT molecular complexity index is 313. The zero-order valence-electron chi connectivity index (χ0n) is 8.11. The molecule has 4 heteroatoms. The minimum absolute atomic E-state index is 0.569. The highest BCUT2D eigenvalue weighted by Crippen LogP contribution is 2.26. The van der Waals surface area contributed by atoms with E-state index >= 15 is 0 Å². The van der Waals surface area contributed by atoms with Gasteiger partial charge < -0.3 is 4.90 Å². The first-order valence-corrected chi connectivity index (χ1v) is 6.23. The Morgan fingerprint density at radius 3 is 3.14 bits per heavy atom. The van der Waals surface area contributed by atoms with Crippen molar-refractivity contribution in [2.75, 3.05) is 23.5 Å². The Balaban J connectivity index is 2.13. The van der Waals surface area contributed by atoms with E-state index in [1.807, 2.05) is 23.9 Å². The molecular formula is C10H13ClN2S. The van der Waals surface area contributed by atoms with Crippen LogP contribution in [0.5, 0.6) is 0 Å². The summed E-state index contributed by atoms with van der Waals surface area (Å²) in [6.07, 6.45) is 3.03. The lowest BCUT2D eigenvalue weighted by Crippen LogP contribution is -2.31. The van der Waals surface area contributed by atoms with Gasteiger partial charge in [0.25, 0.3) is 0 Å². The van der Waals surface area contributed by atoms with E-state index in [-0.39, 0.29) is 0 Å². The molecule has 0 N–H and O–H groups in total. The standard InChI is InChI=1S/C10H13ClN2S/c1-13(9-3-5-14-7-9)8-2-4-12-10(11)6-8/h2,4,6,9H,3,5,7H2,1H3. The maximum atomic E-state index is 5.85. The Morgan fingerprint density at radius 2 is 2.50 bits per heavy atom. The summed E-state index contributed by atoms with van der Waals surface area (Å²) < 4.78 is 0. The number of halogens is 1. The summed E-state index contributed by atoms with van der Waals surface area (Å²) in [5.41, 5.74) is 1.16. The summed E-state index contributed by atoms with van der Waals surface area (Å²) in [5, 5.41) is 0.569. The van der Waals surface area contributed by atoms with Crippen molar-refractivity contribution in [3.8, 4) is 0 Å². The lowest BCUT2D eigenvalue weighted by Gasteiger charge is -2.25. The van der Waals surface area contributed by atoms with Crippen LogP contribution in [0.1, 0.15) is 6.42 Å².